The Morgan fingerprint density at radius 2 is 1.71 bits per heavy atom. The molecule has 0 aliphatic heterocycles. The third-order valence-corrected chi connectivity index (χ3v) is 4.18. The maximum atomic E-state index is 12.0. The number of sulfonamides is 1. The quantitative estimate of drug-likeness (QED) is 0.843. The fraction of sp³-hybridized carbons (Fsp3) is 0.214. The van der Waals surface area contributed by atoms with Crippen molar-refractivity contribution >= 4 is 15.9 Å². The van der Waals surface area contributed by atoms with Crippen molar-refractivity contribution in [3.8, 4) is 0 Å². The molecule has 0 saturated heterocycles. The lowest BCUT2D eigenvalue weighted by Gasteiger charge is -2.08. The predicted octanol–water partition coefficient (Wildman–Crippen LogP) is 1.83. The van der Waals surface area contributed by atoms with Gasteiger partial charge in [-0.3, -0.25) is 10.2 Å². The van der Waals surface area contributed by atoms with Crippen molar-refractivity contribution < 1.29 is 17.6 Å². The molecule has 2 aromatic rings. The summed E-state index contributed by atoms with van der Waals surface area (Å²) in [4.78, 5) is 14.1. The van der Waals surface area contributed by atoms with E-state index in [4.69, 9.17) is 4.42 Å². The fourth-order valence-corrected chi connectivity index (χ4v) is 2.65. The molecule has 1 aromatic heterocycles. The summed E-state index contributed by atoms with van der Waals surface area (Å²) < 4.78 is 29.3. The van der Waals surface area contributed by atoms with Crippen LogP contribution in [0.2, 0.25) is 0 Å². The van der Waals surface area contributed by atoms with Gasteiger partial charge in [0.05, 0.1) is 10.5 Å². The second-order valence-electron chi connectivity index (χ2n) is 4.70. The molecule has 0 aliphatic carbocycles. The van der Waals surface area contributed by atoms with Crippen LogP contribution in [0.1, 0.15) is 27.4 Å². The van der Waals surface area contributed by atoms with Gasteiger partial charge in [-0.05, 0) is 39.0 Å². The van der Waals surface area contributed by atoms with Crippen LogP contribution in [0.25, 0.3) is 0 Å². The maximum Gasteiger partial charge on any atom is 0.269 e. The molecule has 0 unspecified atom stereocenters. The topological polar surface area (TPSA) is 88.4 Å². The molecule has 1 aromatic carbocycles. The first-order valence-electron chi connectivity index (χ1n) is 6.25. The van der Waals surface area contributed by atoms with Crippen LogP contribution in [-0.2, 0) is 10.0 Å². The van der Waals surface area contributed by atoms with E-state index < -0.39 is 15.9 Å². The molecular formula is C14H16N2O4S. The zero-order chi connectivity index (χ0) is 15.6. The molecule has 6 nitrogen and oxygen atoms in total. The Balaban J connectivity index is 2.10. The van der Waals surface area contributed by atoms with Crippen molar-refractivity contribution in [3.63, 3.8) is 0 Å². The highest BCUT2D eigenvalue weighted by molar-refractivity contribution is 7.89. The van der Waals surface area contributed by atoms with Crippen molar-refractivity contribution in [1.82, 2.24) is 10.3 Å². The highest BCUT2D eigenvalue weighted by Gasteiger charge is 2.18. The van der Waals surface area contributed by atoms with E-state index in [0.717, 1.165) is 5.56 Å². The third kappa shape index (κ3) is 3.50. The molecule has 7 heteroatoms. The zero-order valence-corrected chi connectivity index (χ0v) is 12.7. The van der Waals surface area contributed by atoms with Gasteiger partial charge in [0.1, 0.15) is 11.5 Å². The number of hydrogen-bond acceptors (Lipinski definition) is 4. The molecule has 0 bridgehead atoms. The molecule has 0 saturated carbocycles. The molecule has 0 atom stereocenters. The molecule has 1 amide bonds. The van der Waals surface area contributed by atoms with Gasteiger partial charge in [-0.25, -0.2) is 8.42 Å². The van der Waals surface area contributed by atoms with Gasteiger partial charge in [0.15, 0.2) is 0 Å². The number of benzene rings is 1. The Bertz CT molecular complexity index is 761. The van der Waals surface area contributed by atoms with E-state index in [9.17, 15) is 13.2 Å². The maximum absolute atomic E-state index is 12.0. The second kappa shape index (κ2) is 5.71. The van der Waals surface area contributed by atoms with Crippen LogP contribution in [-0.4, -0.2) is 14.3 Å². The molecule has 0 radical (unpaired) electrons. The minimum atomic E-state index is -3.80. The number of amides is 1. The number of hydrazine groups is 1. The number of carbonyl (C=O) groups is 1. The largest absolute Gasteiger partial charge is 0.466 e. The van der Waals surface area contributed by atoms with E-state index in [0.29, 0.717) is 17.1 Å². The minimum absolute atomic E-state index is 0.0773. The molecule has 112 valence electrons. The summed E-state index contributed by atoms with van der Waals surface area (Å²) >= 11 is 0. The first-order valence-corrected chi connectivity index (χ1v) is 7.74. The Morgan fingerprint density at radius 1 is 1.10 bits per heavy atom. The van der Waals surface area contributed by atoms with Crippen LogP contribution in [0, 0.1) is 20.8 Å². The normalized spacial score (nSPS) is 11.4. The van der Waals surface area contributed by atoms with Crippen LogP contribution in [0.15, 0.2) is 39.6 Å². The van der Waals surface area contributed by atoms with Gasteiger partial charge >= 0.3 is 0 Å². The molecule has 1 heterocycles. The number of rotatable bonds is 4. The van der Waals surface area contributed by atoms with Crippen molar-refractivity contribution in [2.75, 3.05) is 0 Å². The van der Waals surface area contributed by atoms with Crippen molar-refractivity contribution in [1.29, 1.82) is 0 Å². The molecule has 2 rings (SSSR count). The fourth-order valence-electron chi connectivity index (χ4n) is 1.81. The Hall–Kier alpha value is -2.12. The van der Waals surface area contributed by atoms with Crippen LogP contribution in [0.3, 0.4) is 0 Å². The number of nitrogens with one attached hydrogen (secondary N) is 2. The lowest BCUT2D eigenvalue weighted by Crippen LogP contribution is -2.41. The van der Waals surface area contributed by atoms with E-state index in [-0.39, 0.29) is 4.90 Å². The first kappa shape index (κ1) is 15.3. The van der Waals surface area contributed by atoms with Gasteiger partial charge in [-0.15, -0.1) is 4.83 Å². The van der Waals surface area contributed by atoms with Crippen molar-refractivity contribution in [3.05, 3.63) is 53.0 Å². The van der Waals surface area contributed by atoms with Crippen molar-refractivity contribution in [2.45, 2.75) is 25.7 Å². The second-order valence-corrected chi connectivity index (χ2v) is 6.38. The average Bonchev–Trinajstić information content (AvgIpc) is 2.76. The van der Waals surface area contributed by atoms with E-state index in [2.05, 4.69) is 10.3 Å². The van der Waals surface area contributed by atoms with Crippen LogP contribution in [0.4, 0.5) is 0 Å². The van der Waals surface area contributed by atoms with Gasteiger partial charge in [0, 0.05) is 0 Å². The molecule has 0 fully saturated rings. The highest BCUT2D eigenvalue weighted by Crippen LogP contribution is 2.13. The standard InChI is InChI=1S/C14H16N2O4S/c1-9-4-6-12(7-5-9)21(18,19)16-15-14(17)13-8-10(2)20-11(13)3/h4-8,16H,1-3H3,(H,15,17). The number of aryl methyl sites for hydroxylation is 3. The number of hydrogen-bond donors (Lipinski definition) is 2. The number of carbonyl (C=O) groups excluding carboxylic acids is 1. The Kier molecular flexibility index (Phi) is 4.15. The highest BCUT2D eigenvalue weighted by atomic mass is 32.2. The van der Waals surface area contributed by atoms with E-state index in [1.807, 2.05) is 6.92 Å². The summed E-state index contributed by atoms with van der Waals surface area (Å²) in [6, 6.07) is 7.85. The smallest absolute Gasteiger partial charge is 0.269 e. The van der Waals surface area contributed by atoms with Gasteiger partial charge in [-0.2, -0.15) is 0 Å². The first-order chi connectivity index (χ1) is 9.79. The summed E-state index contributed by atoms with van der Waals surface area (Å²) in [5.74, 6) is 0.443. The summed E-state index contributed by atoms with van der Waals surface area (Å²) in [7, 11) is -3.80. The third-order valence-electron chi connectivity index (χ3n) is 2.92. The molecule has 0 spiro atoms. The van der Waals surface area contributed by atoms with Crippen LogP contribution < -0.4 is 10.3 Å². The molecule has 21 heavy (non-hydrogen) atoms. The van der Waals surface area contributed by atoms with Crippen molar-refractivity contribution in [2.24, 2.45) is 0 Å². The molecule has 2 N–H and O–H groups in total. The zero-order valence-electron chi connectivity index (χ0n) is 11.9. The molecular weight excluding hydrogens is 292 g/mol. The SMILES string of the molecule is Cc1ccc(S(=O)(=O)NNC(=O)c2cc(C)oc2C)cc1. The lowest BCUT2D eigenvalue weighted by molar-refractivity contribution is 0.0943. The summed E-state index contributed by atoms with van der Waals surface area (Å²) in [5.41, 5.74) is 3.41. The van der Waals surface area contributed by atoms with Crippen LogP contribution in [0.5, 0.6) is 0 Å². The minimum Gasteiger partial charge on any atom is -0.466 e. The molecule has 0 aliphatic rings. The lowest BCUT2D eigenvalue weighted by atomic mass is 10.2. The van der Waals surface area contributed by atoms with E-state index in [1.54, 1.807) is 32.0 Å². The predicted molar refractivity (Wildman–Crippen MR) is 77.1 cm³/mol. The van der Waals surface area contributed by atoms with Gasteiger partial charge in [-0.1, -0.05) is 17.7 Å². The Morgan fingerprint density at radius 3 is 2.24 bits per heavy atom. The number of furan rings is 1. The Labute approximate surface area is 123 Å². The summed E-state index contributed by atoms with van der Waals surface area (Å²) in [6.45, 7) is 5.20. The van der Waals surface area contributed by atoms with Gasteiger partial charge in [0.2, 0.25) is 0 Å². The van der Waals surface area contributed by atoms with Gasteiger partial charge < -0.3 is 4.42 Å². The average molecular weight is 308 g/mol. The monoisotopic (exact) mass is 308 g/mol. The van der Waals surface area contributed by atoms with Gasteiger partial charge in [0.25, 0.3) is 15.9 Å². The summed E-state index contributed by atoms with van der Waals surface area (Å²) in [5, 5.41) is 0. The van der Waals surface area contributed by atoms with Crippen LogP contribution >= 0.6 is 0 Å². The summed E-state index contributed by atoms with van der Waals surface area (Å²) in [6.07, 6.45) is 0. The van der Waals surface area contributed by atoms with E-state index in [1.165, 1.54) is 12.1 Å². The van der Waals surface area contributed by atoms with E-state index >= 15 is 0 Å².